The number of benzene rings is 1. The van der Waals surface area contributed by atoms with E-state index in [0.29, 0.717) is 16.8 Å². The van der Waals surface area contributed by atoms with Crippen molar-refractivity contribution in [2.24, 2.45) is 0 Å². The number of pyridine rings is 1. The quantitative estimate of drug-likeness (QED) is 0.567. The highest BCUT2D eigenvalue weighted by atomic mass is 19.1. The van der Waals surface area contributed by atoms with Gasteiger partial charge in [-0.3, -0.25) is 9.89 Å². The first-order valence-corrected chi connectivity index (χ1v) is 8.12. The highest BCUT2D eigenvalue weighted by Gasteiger charge is 2.18. The van der Waals surface area contributed by atoms with Crippen LogP contribution in [0.25, 0.3) is 28.0 Å². The number of nitrogens with zero attached hydrogens (tertiary/aromatic N) is 3. The molecule has 140 valence electrons. The van der Waals surface area contributed by atoms with E-state index in [0.717, 1.165) is 16.6 Å². The van der Waals surface area contributed by atoms with E-state index < -0.39 is 23.2 Å². The fraction of sp³-hybridized carbons (Fsp3) is 0.0526. The van der Waals surface area contributed by atoms with Crippen LogP contribution in [0.15, 0.2) is 47.4 Å². The summed E-state index contributed by atoms with van der Waals surface area (Å²) < 4.78 is 28.8. The van der Waals surface area contributed by atoms with Gasteiger partial charge in [0.1, 0.15) is 17.3 Å². The van der Waals surface area contributed by atoms with Crippen molar-refractivity contribution < 1.29 is 18.7 Å². The predicted molar refractivity (Wildman–Crippen MR) is 96.1 cm³/mol. The van der Waals surface area contributed by atoms with E-state index in [1.54, 1.807) is 6.92 Å². The van der Waals surface area contributed by atoms with Crippen LogP contribution in [0.5, 0.6) is 0 Å². The normalized spacial score (nSPS) is 11.1. The summed E-state index contributed by atoms with van der Waals surface area (Å²) >= 11 is 0. The minimum atomic E-state index is -1.18. The number of carboxylic acid groups (broad SMARTS) is 1. The molecule has 0 aliphatic carbocycles. The third kappa shape index (κ3) is 2.82. The number of H-pyrrole nitrogens is 1. The van der Waals surface area contributed by atoms with Gasteiger partial charge in [-0.05, 0) is 31.2 Å². The van der Waals surface area contributed by atoms with Gasteiger partial charge in [-0.2, -0.15) is 0 Å². The van der Waals surface area contributed by atoms with Crippen LogP contribution in [0.4, 0.5) is 8.78 Å². The standard InChI is InChI=1S/C19H12F2N4O3/c1-9-17(12-4-3-11(20)6-13(12)21)18-23-15(7-16(26)25(18)24-9)10-2-5-14(19(27)28)22-8-10/h2-8,24H,1H3,(H,27,28). The first kappa shape index (κ1) is 17.5. The van der Waals surface area contributed by atoms with Crippen molar-refractivity contribution >= 4 is 11.6 Å². The van der Waals surface area contributed by atoms with Crippen LogP contribution in [0, 0.1) is 18.6 Å². The zero-order valence-corrected chi connectivity index (χ0v) is 14.4. The van der Waals surface area contributed by atoms with Crippen LogP contribution >= 0.6 is 0 Å². The van der Waals surface area contributed by atoms with Gasteiger partial charge in [-0.15, -0.1) is 0 Å². The van der Waals surface area contributed by atoms with Gasteiger partial charge in [-0.25, -0.2) is 28.1 Å². The van der Waals surface area contributed by atoms with Crippen molar-refractivity contribution in [1.29, 1.82) is 0 Å². The third-order valence-electron chi connectivity index (χ3n) is 4.28. The monoisotopic (exact) mass is 382 g/mol. The lowest BCUT2D eigenvalue weighted by atomic mass is 10.1. The van der Waals surface area contributed by atoms with Crippen molar-refractivity contribution in [2.75, 3.05) is 0 Å². The summed E-state index contributed by atoms with van der Waals surface area (Å²) in [6.07, 6.45) is 1.29. The number of nitrogens with one attached hydrogen (secondary N) is 1. The molecule has 0 aliphatic heterocycles. The van der Waals surface area contributed by atoms with E-state index in [-0.39, 0.29) is 22.6 Å². The molecule has 1 aromatic carbocycles. The third-order valence-corrected chi connectivity index (χ3v) is 4.28. The first-order chi connectivity index (χ1) is 13.3. The Morgan fingerprint density at radius 3 is 2.61 bits per heavy atom. The molecule has 0 bridgehead atoms. The van der Waals surface area contributed by atoms with E-state index in [9.17, 15) is 18.4 Å². The average molecular weight is 382 g/mol. The van der Waals surface area contributed by atoms with Crippen LogP contribution in [0.3, 0.4) is 0 Å². The Kier molecular flexibility index (Phi) is 3.99. The van der Waals surface area contributed by atoms with E-state index in [1.807, 2.05) is 0 Å². The van der Waals surface area contributed by atoms with Crippen LogP contribution in [-0.4, -0.2) is 30.7 Å². The zero-order valence-electron chi connectivity index (χ0n) is 14.4. The minimum Gasteiger partial charge on any atom is -0.477 e. The largest absolute Gasteiger partial charge is 0.477 e. The van der Waals surface area contributed by atoms with E-state index in [1.165, 1.54) is 30.5 Å². The number of aromatic carboxylic acids is 1. The van der Waals surface area contributed by atoms with E-state index in [4.69, 9.17) is 5.11 Å². The number of hydrogen-bond donors (Lipinski definition) is 2. The minimum absolute atomic E-state index is 0.0982. The lowest BCUT2D eigenvalue weighted by Gasteiger charge is -2.05. The highest BCUT2D eigenvalue weighted by Crippen LogP contribution is 2.30. The first-order valence-electron chi connectivity index (χ1n) is 8.12. The fourth-order valence-corrected chi connectivity index (χ4v) is 2.98. The molecule has 4 rings (SSSR count). The molecule has 0 atom stereocenters. The fourth-order valence-electron chi connectivity index (χ4n) is 2.98. The summed E-state index contributed by atoms with van der Waals surface area (Å²) in [7, 11) is 0. The Balaban J connectivity index is 1.95. The number of rotatable bonds is 3. The molecule has 0 aliphatic rings. The van der Waals surface area contributed by atoms with Gasteiger partial charge in [0.2, 0.25) is 0 Å². The molecule has 9 heteroatoms. The van der Waals surface area contributed by atoms with Crippen molar-refractivity contribution in [3.63, 3.8) is 0 Å². The van der Waals surface area contributed by atoms with Gasteiger partial charge < -0.3 is 5.11 Å². The highest BCUT2D eigenvalue weighted by molar-refractivity contribution is 5.86. The van der Waals surface area contributed by atoms with Crippen LogP contribution in [0.2, 0.25) is 0 Å². The molecule has 2 N–H and O–H groups in total. The second kappa shape index (κ2) is 6.38. The molecule has 0 spiro atoms. The topological polar surface area (TPSA) is 100 Å². The number of aromatic amines is 1. The average Bonchev–Trinajstić information content (AvgIpc) is 2.98. The molecule has 28 heavy (non-hydrogen) atoms. The predicted octanol–water partition coefficient (Wildman–Crippen LogP) is 3.04. The summed E-state index contributed by atoms with van der Waals surface area (Å²) in [4.78, 5) is 31.7. The smallest absolute Gasteiger partial charge is 0.354 e. The SMILES string of the molecule is Cc1[nH]n2c(=O)cc(-c3ccc(C(=O)O)nc3)nc2c1-c1ccc(F)cc1F. The summed E-state index contributed by atoms with van der Waals surface area (Å²) in [6.45, 7) is 1.65. The van der Waals surface area contributed by atoms with Crippen LogP contribution < -0.4 is 5.56 Å². The Morgan fingerprint density at radius 1 is 1.18 bits per heavy atom. The van der Waals surface area contributed by atoms with Crippen LogP contribution in [0.1, 0.15) is 16.2 Å². The summed E-state index contributed by atoms with van der Waals surface area (Å²) in [5.74, 6) is -2.67. The number of fused-ring (bicyclic) bond motifs is 1. The van der Waals surface area contributed by atoms with Gasteiger partial charge in [0.25, 0.3) is 5.56 Å². The molecule has 3 aromatic heterocycles. The van der Waals surface area contributed by atoms with Gasteiger partial charge >= 0.3 is 5.97 Å². The molecule has 0 unspecified atom stereocenters. The molecule has 0 fully saturated rings. The van der Waals surface area contributed by atoms with E-state index in [2.05, 4.69) is 15.1 Å². The lowest BCUT2D eigenvalue weighted by molar-refractivity contribution is 0.0690. The second-order valence-electron chi connectivity index (χ2n) is 6.11. The van der Waals surface area contributed by atoms with Gasteiger partial charge in [-0.1, -0.05) is 0 Å². The Labute approximate surface area is 155 Å². The summed E-state index contributed by atoms with van der Waals surface area (Å²) in [5, 5.41) is 11.8. The van der Waals surface area contributed by atoms with Crippen molar-refractivity contribution in [2.45, 2.75) is 6.92 Å². The molecule has 0 saturated heterocycles. The van der Waals surface area contributed by atoms with Crippen molar-refractivity contribution in [3.05, 3.63) is 76.0 Å². The Bertz CT molecular complexity index is 1290. The maximum atomic E-state index is 14.3. The molecule has 0 amide bonds. The van der Waals surface area contributed by atoms with Gasteiger partial charge in [0.05, 0.1) is 5.69 Å². The Morgan fingerprint density at radius 2 is 1.96 bits per heavy atom. The van der Waals surface area contributed by atoms with Crippen molar-refractivity contribution in [3.8, 4) is 22.4 Å². The molecule has 0 radical (unpaired) electrons. The number of aryl methyl sites for hydroxylation is 1. The molecule has 0 saturated carbocycles. The molecule has 7 nitrogen and oxygen atoms in total. The van der Waals surface area contributed by atoms with Gasteiger partial charge in [0.15, 0.2) is 5.65 Å². The van der Waals surface area contributed by atoms with Gasteiger partial charge in [0, 0.05) is 40.7 Å². The summed E-state index contributed by atoms with van der Waals surface area (Å²) in [5.41, 5.74) is 1.14. The maximum Gasteiger partial charge on any atom is 0.354 e. The van der Waals surface area contributed by atoms with Crippen molar-refractivity contribution in [1.82, 2.24) is 19.6 Å². The number of carboxylic acids is 1. The number of halogens is 2. The molecule has 4 aromatic rings. The molecular weight excluding hydrogens is 370 g/mol. The Hall–Kier alpha value is -3.88. The van der Waals surface area contributed by atoms with Crippen LogP contribution in [-0.2, 0) is 0 Å². The van der Waals surface area contributed by atoms with E-state index >= 15 is 0 Å². The number of hydrogen-bond acceptors (Lipinski definition) is 4. The molecule has 3 heterocycles. The number of aromatic nitrogens is 4. The number of carbonyl (C=O) groups is 1. The lowest BCUT2D eigenvalue weighted by Crippen LogP contribution is -2.14. The second-order valence-corrected chi connectivity index (χ2v) is 6.11. The summed E-state index contributed by atoms with van der Waals surface area (Å²) in [6, 6.07) is 7.19. The maximum absolute atomic E-state index is 14.3. The zero-order chi connectivity index (χ0) is 20.0. The molecular formula is C19H12F2N4O3.